The molecular formula is C19H16ClN3O2. The molecule has 126 valence electrons. The summed E-state index contributed by atoms with van der Waals surface area (Å²) in [6, 6.07) is 19.8. The number of ether oxygens (including phenoxy) is 1. The van der Waals surface area contributed by atoms with Crippen molar-refractivity contribution in [3.63, 3.8) is 0 Å². The molecule has 0 saturated heterocycles. The Morgan fingerprint density at radius 1 is 1.00 bits per heavy atom. The molecule has 0 atom stereocenters. The minimum Gasteiger partial charge on any atom is -0.455 e. The maximum absolute atomic E-state index is 12.1. The van der Waals surface area contributed by atoms with Crippen LogP contribution >= 0.6 is 11.6 Å². The summed E-state index contributed by atoms with van der Waals surface area (Å²) in [6.07, 6.45) is 1.62. The summed E-state index contributed by atoms with van der Waals surface area (Å²) < 4.78 is 5.82. The average molecular weight is 354 g/mol. The number of benzene rings is 2. The Morgan fingerprint density at radius 2 is 1.76 bits per heavy atom. The normalized spacial score (nSPS) is 10.1. The molecule has 3 aromatic rings. The van der Waals surface area contributed by atoms with E-state index < -0.39 is 0 Å². The molecule has 0 radical (unpaired) electrons. The van der Waals surface area contributed by atoms with Crippen LogP contribution in [0.15, 0.2) is 72.9 Å². The van der Waals surface area contributed by atoms with Gasteiger partial charge in [-0.1, -0.05) is 48.0 Å². The zero-order chi connectivity index (χ0) is 17.5. The standard InChI is InChI=1S/C19H16ClN3O2/c20-18-11-10-14(12-21-18)13-22-19(24)23-16-8-4-5-9-17(16)25-15-6-2-1-3-7-15/h1-12H,13H2,(H2,22,23,24). The van der Waals surface area contributed by atoms with Crippen LogP contribution in [0, 0.1) is 0 Å². The lowest BCUT2D eigenvalue weighted by molar-refractivity contribution is 0.251. The molecule has 2 aromatic carbocycles. The second-order valence-corrected chi connectivity index (χ2v) is 5.60. The minimum absolute atomic E-state index is 0.334. The van der Waals surface area contributed by atoms with Crippen LogP contribution in [0.5, 0.6) is 11.5 Å². The molecule has 0 aliphatic carbocycles. The van der Waals surface area contributed by atoms with Crippen molar-refractivity contribution in [2.75, 3.05) is 5.32 Å². The molecule has 5 nitrogen and oxygen atoms in total. The van der Waals surface area contributed by atoms with E-state index in [1.807, 2.05) is 48.5 Å². The van der Waals surface area contributed by atoms with Crippen LogP contribution in [-0.4, -0.2) is 11.0 Å². The number of nitrogens with zero attached hydrogens (tertiary/aromatic N) is 1. The number of rotatable bonds is 5. The quantitative estimate of drug-likeness (QED) is 0.644. The summed E-state index contributed by atoms with van der Waals surface area (Å²) in [6.45, 7) is 0.345. The van der Waals surface area contributed by atoms with Gasteiger partial charge in [-0.2, -0.15) is 0 Å². The summed E-state index contributed by atoms with van der Waals surface area (Å²) in [5.41, 5.74) is 1.44. The molecule has 1 heterocycles. The number of nitrogens with one attached hydrogen (secondary N) is 2. The molecule has 1 aromatic heterocycles. The summed E-state index contributed by atoms with van der Waals surface area (Å²) in [5.74, 6) is 1.27. The zero-order valence-electron chi connectivity index (χ0n) is 13.3. The zero-order valence-corrected chi connectivity index (χ0v) is 14.0. The third-order valence-electron chi connectivity index (χ3n) is 3.35. The van der Waals surface area contributed by atoms with E-state index >= 15 is 0 Å². The van der Waals surface area contributed by atoms with Gasteiger partial charge in [0.25, 0.3) is 0 Å². The van der Waals surface area contributed by atoms with Crippen LogP contribution in [0.3, 0.4) is 0 Å². The second kappa shape index (κ2) is 8.17. The fourth-order valence-electron chi connectivity index (χ4n) is 2.13. The van der Waals surface area contributed by atoms with E-state index in [2.05, 4.69) is 15.6 Å². The number of amides is 2. The van der Waals surface area contributed by atoms with Gasteiger partial charge in [0.2, 0.25) is 0 Å². The van der Waals surface area contributed by atoms with Gasteiger partial charge < -0.3 is 15.4 Å². The van der Waals surface area contributed by atoms with Crippen molar-refractivity contribution in [3.8, 4) is 11.5 Å². The Morgan fingerprint density at radius 3 is 2.52 bits per heavy atom. The van der Waals surface area contributed by atoms with Gasteiger partial charge in [0.1, 0.15) is 10.9 Å². The second-order valence-electron chi connectivity index (χ2n) is 5.21. The summed E-state index contributed by atoms with van der Waals surface area (Å²) >= 11 is 5.74. The van der Waals surface area contributed by atoms with Gasteiger partial charge in [-0.25, -0.2) is 9.78 Å². The highest BCUT2D eigenvalue weighted by atomic mass is 35.5. The maximum atomic E-state index is 12.1. The van der Waals surface area contributed by atoms with E-state index in [9.17, 15) is 4.79 Å². The monoisotopic (exact) mass is 353 g/mol. The lowest BCUT2D eigenvalue weighted by Crippen LogP contribution is -2.28. The van der Waals surface area contributed by atoms with E-state index in [1.165, 1.54) is 0 Å². The number of anilines is 1. The topological polar surface area (TPSA) is 63.2 Å². The van der Waals surface area contributed by atoms with Crippen LogP contribution in [0.1, 0.15) is 5.56 Å². The smallest absolute Gasteiger partial charge is 0.319 e. The van der Waals surface area contributed by atoms with Gasteiger partial charge >= 0.3 is 6.03 Å². The molecule has 0 spiro atoms. The highest BCUT2D eigenvalue weighted by Crippen LogP contribution is 2.28. The Hall–Kier alpha value is -3.05. The molecule has 0 aliphatic rings. The van der Waals surface area contributed by atoms with E-state index in [-0.39, 0.29) is 6.03 Å². The van der Waals surface area contributed by atoms with Crippen molar-refractivity contribution < 1.29 is 9.53 Å². The Labute approximate surface area is 150 Å². The van der Waals surface area contributed by atoms with Gasteiger partial charge in [-0.15, -0.1) is 0 Å². The number of aromatic nitrogens is 1. The van der Waals surface area contributed by atoms with Crippen LogP contribution in [0.2, 0.25) is 5.15 Å². The summed E-state index contributed by atoms with van der Waals surface area (Å²) in [5, 5.41) is 5.98. The Kier molecular flexibility index (Phi) is 5.49. The molecule has 2 amide bonds. The molecule has 0 saturated carbocycles. The Bertz CT molecular complexity index is 839. The van der Waals surface area contributed by atoms with Crippen LogP contribution in [0.4, 0.5) is 10.5 Å². The number of hydrogen-bond donors (Lipinski definition) is 2. The third-order valence-corrected chi connectivity index (χ3v) is 3.57. The van der Waals surface area contributed by atoms with Crippen molar-refractivity contribution in [1.82, 2.24) is 10.3 Å². The van der Waals surface area contributed by atoms with Crippen LogP contribution in [-0.2, 0) is 6.54 Å². The number of urea groups is 1. The van der Waals surface area contributed by atoms with Gasteiger partial charge in [-0.3, -0.25) is 0 Å². The maximum Gasteiger partial charge on any atom is 0.319 e. The lowest BCUT2D eigenvalue weighted by Gasteiger charge is -2.13. The predicted octanol–water partition coefficient (Wildman–Crippen LogP) is 4.85. The fraction of sp³-hybridized carbons (Fsp3) is 0.0526. The van der Waals surface area contributed by atoms with Crippen molar-refractivity contribution in [1.29, 1.82) is 0 Å². The van der Waals surface area contributed by atoms with Crippen molar-refractivity contribution >= 4 is 23.3 Å². The first-order valence-corrected chi connectivity index (χ1v) is 8.06. The SMILES string of the molecule is O=C(NCc1ccc(Cl)nc1)Nc1ccccc1Oc1ccccc1. The van der Waals surface area contributed by atoms with Crippen LogP contribution in [0.25, 0.3) is 0 Å². The molecular weight excluding hydrogens is 338 g/mol. The average Bonchev–Trinajstić information content (AvgIpc) is 2.64. The van der Waals surface area contributed by atoms with Crippen molar-refractivity contribution in [2.45, 2.75) is 6.54 Å². The number of carbonyl (C=O) groups excluding carboxylic acids is 1. The van der Waals surface area contributed by atoms with Gasteiger partial charge in [0.15, 0.2) is 5.75 Å². The number of hydrogen-bond acceptors (Lipinski definition) is 3. The molecule has 3 rings (SSSR count). The van der Waals surface area contributed by atoms with Crippen molar-refractivity contribution in [2.24, 2.45) is 0 Å². The lowest BCUT2D eigenvalue weighted by atomic mass is 10.3. The first-order valence-electron chi connectivity index (χ1n) is 7.68. The predicted molar refractivity (Wildman–Crippen MR) is 98.1 cm³/mol. The number of carbonyl (C=O) groups is 1. The fourth-order valence-corrected chi connectivity index (χ4v) is 2.25. The third kappa shape index (κ3) is 4.96. The first-order chi connectivity index (χ1) is 12.2. The molecule has 0 fully saturated rings. The van der Waals surface area contributed by atoms with E-state index in [0.717, 1.165) is 5.56 Å². The van der Waals surface area contributed by atoms with Crippen LogP contribution < -0.4 is 15.4 Å². The van der Waals surface area contributed by atoms with Gasteiger partial charge in [-0.05, 0) is 35.9 Å². The largest absolute Gasteiger partial charge is 0.455 e. The number of para-hydroxylation sites is 3. The number of pyridine rings is 1. The van der Waals surface area contributed by atoms with Crippen molar-refractivity contribution in [3.05, 3.63) is 83.6 Å². The van der Waals surface area contributed by atoms with E-state index in [4.69, 9.17) is 16.3 Å². The van der Waals surface area contributed by atoms with Gasteiger partial charge in [0, 0.05) is 12.7 Å². The molecule has 0 unspecified atom stereocenters. The molecule has 6 heteroatoms. The van der Waals surface area contributed by atoms with E-state index in [0.29, 0.717) is 28.9 Å². The first kappa shape index (κ1) is 16.8. The Balaban J connectivity index is 1.62. The highest BCUT2D eigenvalue weighted by molar-refractivity contribution is 6.29. The summed E-state index contributed by atoms with van der Waals surface area (Å²) in [4.78, 5) is 16.1. The summed E-state index contributed by atoms with van der Waals surface area (Å²) in [7, 11) is 0. The molecule has 0 bridgehead atoms. The van der Waals surface area contributed by atoms with Gasteiger partial charge in [0.05, 0.1) is 5.69 Å². The molecule has 25 heavy (non-hydrogen) atoms. The molecule has 2 N–H and O–H groups in total. The highest BCUT2D eigenvalue weighted by Gasteiger charge is 2.08. The number of halogens is 1. The molecule has 0 aliphatic heterocycles. The minimum atomic E-state index is -0.334. The van der Waals surface area contributed by atoms with E-state index in [1.54, 1.807) is 24.4 Å².